The monoisotopic (exact) mass is 644 g/mol. The number of halogens is 3. The molecule has 2 aliphatic rings. The van der Waals surface area contributed by atoms with Crippen LogP contribution in [0.3, 0.4) is 0 Å². The van der Waals surface area contributed by atoms with Gasteiger partial charge in [0.15, 0.2) is 15.2 Å². The lowest BCUT2D eigenvalue weighted by molar-refractivity contribution is -0.150. The fourth-order valence-electron chi connectivity index (χ4n) is 3.72. The SMILES string of the molecule is Nc1nc(/C(=N\Oc2cccc(C(F)(F)F)c2)C(=O)NC2C(=O)N3C(C(=O)O)=C(CSc4nncs4)CSC23)ns1. The van der Waals surface area contributed by atoms with Crippen molar-refractivity contribution in [1.29, 1.82) is 0 Å². The number of amides is 2. The number of nitrogen functional groups attached to an aromatic ring is 1. The fourth-order valence-corrected chi connectivity index (χ4v) is 7.13. The highest BCUT2D eigenvalue weighted by Gasteiger charge is 2.54. The van der Waals surface area contributed by atoms with Crippen molar-refractivity contribution in [3.63, 3.8) is 0 Å². The van der Waals surface area contributed by atoms with Crippen molar-refractivity contribution < 1.29 is 37.5 Å². The smallest absolute Gasteiger partial charge is 0.416 e. The molecule has 20 heteroatoms. The van der Waals surface area contributed by atoms with Gasteiger partial charge in [0, 0.05) is 23.0 Å². The number of alkyl halides is 3. The molecule has 5 rings (SSSR count). The second-order valence-electron chi connectivity index (χ2n) is 8.12. The lowest BCUT2D eigenvalue weighted by Crippen LogP contribution is -2.71. The second kappa shape index (κ2) is 11.6. The number of carboxylic acid groups (broad SMARTS) is 1. The number of carboxylic acids is 1. The molecule has 2 atom stereocenters. The topological polar surface area (TPSA) is 186 Å². The van der Waals surface area contributed by atoms with Crippen molar-refractivity contribution in [2.24, 2.45) is 5.16 Å². The van der Waals surface area contributed by atoms with Gasteiger partial charge in [-0.3, -0.25) is 14.5 Å². The predicted molar refractivity (Wildman–Crippen MR) is 143 cm³/mol. The minimum atomic E-state index is -4.64. The van der Waals surface area contributed by atoms with Gasteiger partial charge in [0.2, 0.25) is 11.5 Å². The van der Waals surface area contributed by atoms with E-state index in [9.17, 15) is 32.7 Å². The van der Waals surface area contributed by atoms with E-state index < -0.39 is 46.7 Å². The molecule has 1 fully saturated rings. The number of fused-ring (bicyclic) bond motifs is 1. The molecule has 1 aromatic carbocycles. The molecule has 214 valence electrons. The van der Waals surface area contributed by atoms with Crippen LogP contribution >= 0.6 is 46.4 Å². The average molecular weight is 645 g/mol. The van der Waals surface area contributed by atoms with Crippen LogP contribution in [-0.4, -0.2) is 76.0 Å². The van der Waals surface area contributed by atoms with E-state index in [2.05, 4.69) is 30.0 Å². The van der Waals surface area contributed by atoms with Gasteiger partial charge in [-0.05, 0) is 23.8 Å². The number of hydrogen-bond acceptors (Lipinski definition) is 14. The first kappa shape index (κ1) is 28.8. The van der Waals surface area contributed by atoms with Gasteiger partial charge in [-0.2, -0.15) is 22.5 Å². The van der Waals surface area contributed by atoms with E-state index in [1.165, 1.54) is 40.9 Å². The van der Waals surface area contributed by atoms with Crippen LogP contribution in [0.4, 0.5) is 18.3 Å². The summed E-state index contributed by atoms with van der Waals surface area (Å²) in [6.07, 6.45) is -4.64. The summed E-state index contributed by atoms with van der Waals surface area (Å²) in [7, 11) is 0. The standard InChI is InChI=1S/C21H15F3N8O5S4/c22-21(23,24)9-2-1-3-10(4-9)37-30-11(14-28-19(25)41-31-14)15(33)27-12-16(34)32-13(18(35)36)8(5-38-17(12)32)6-39-20-29-26-7-40-20/h1-4,7,12,17H,5-6H2,(H,27,33)(H,35,36)(H2,25,28,31)/b30-11+. The van der Waals surface area contributed by atoms with Gasteiger partial charge in [-0.1, -0.05) is 34.3 Å². The Balaban J connectivity index is 1.34. The van der Waals surface area contributed by atoms with Crippen LogP contribution in [0.2, 0.25) is 0 Å². The number of aliphatic carboxylic acids is 1. The van der Waals surface area contributed by atoms with E-state index in [1.54, 1.807) is 5.51 Å². The molecule has 0 aliphatic carbocycles. The highest BCUT2D eigenvalue weighted by atomic mass is 32.2. The average Bonchev–Trinajstić information content (AvgIpc) is 3.61. The number of nitrogens with two attached hydrogens (primary N) is 1. The van der Waals surface area contributed by atoms with Gasteiger partial charge in [0.25, 0.3) is 11.8 Å². The van der Waals surface area contributed by atoms with Crippen LogP contribution in [-0.2, 0) is 20.6 Å². The molecule has 2 unspecified atom stereocenters. The number of β-lactam (4-membered cyclic amide) rings is 1. The first-order valence-corrected chi connectivity index (χ1v) is 14.8. The van der Waals surface area contributed by atoms with Gasteiger partial charge in [-0.25, -0.2) is 4.79 Å². The summed E-state index contributed by atoms with van der Waals surface area (Å²) in [6, 6.07) is 2.69. The van der Waals surface area contributed by atoms with Crippen LogP contribution in [0, 0.1) is 0 Å². The molecule has 0 bridgehead atoms. The van der Waals surface area contributed by atoms with Crippen LogP contribution in [0.5, 0.6) is 5.75 Å². The second-order valence-corrected chi connectivity index (χ2v) is 12.1. The third-order valence-corrected chi connectivity index (χ3v) is 9.35. The molecule has 13 nitrogen and oxygen atoms in total. The molecule has 2 aromatic heterocycles. The quantitative estimate of drug-likeness (QED) is 0.134. The van der Waals surface area contributed by atoms with Gasteiger partial charge >= 0.3 is 12.1 Å². The number of nitrogens with zero attached hydrogens (tertiary/aromatic N) is 6. The molecule has 0 saturated carbocycles. The van der Waals surface area contributed by atoms with Crippen LogP contribution in [0.25, 0.3) is 0 Å². The Bertz CT molecular complexity index is 1560. The number of anilines is 1. The van der Waals surface area contributed by atoms with Crippen LogP contribution < -0.4 is 15.9 Å². The molecular formula is C21H15F3N8O5S4. The van der Waals surface area contributed by atoms with Gasteiger partial charge in [0.05, 0.1) is 5.56 Å². The van der Waals surface area contributed by atoms with Crippen molar-refractivity contribution in [3.8, 4) is 5.75 Å². The minimum absolute atomic E-state index is 0.0246. The molecule has 3 aromatic rings. The van der Waals surface area contributed by atoms with Gasteiger partial charge < -0.3 is 21.0 Å². The summed E-state index contributed by atoms with van der Waals surface area (Å²) in [5, 5.41) is 22.9. The Morgan fingerprint density at radius 2 is 2.15 bits per heavy atom. The van der Waals surface area contributed by atoms with Gasteiger partial charge in [-0.15, -0.1) is 22.0 Å². The Morgan fingerprint density at radius 3 is 2.80 bits per heavy atom. The number of thioether (sulfide) groups is 2. The van der Waals surface area contributed by atoms with Crippen molar-refractivity contribution in [2.45, 2.75) is 21.9 Å². The normalized spacial score (nSPS) is 19.0. The first-order valence-electron chi connectivity index (χ1n) is 11.1. The lowest BCUT2D eigenvalue weighted by Gasteiger charge is -2.49. The molecular weight excluding hydrogens is 630 g/mol. The summed E-state index contributed by atoms with van der Waals surface area (Å²) in [5.41, 5.74) is 5.95. The summed E-state index contributed by atoms with van der Waals surface area (Å²) < 4.78 is 43.7. The zero-order valence-corrected chi connectivity index (χ0v) is 23.3. The number of rotatable bonds is 9. The molecule has 0 spiro atoms. The highest BCUT2D eigenvalue weighted by Crippen LogP contribution is 2.41. The number of oxime groups is 1. The maximum absolute atomic E-state index is 13.2. The molecule has 0 radical (unpaired) electrons. The number of carbonyl (C=O) groups is 3. The Kier molecular flexibility index (Phi) is 8.16. The van der Waals surface area contributed by atoms with E-state index in [1.807, 2.05) is 0 Å². The number of hydrogen-bond donors (Lipinski definition) is 3. The third-order valence-electron chi connectivity index (χ3n) is 5.52. The number of carbonyl (C=O) groups excluding carboxylic acids is 2. The third kappa shape index (κ3) is 6.14. The van der Waals surface area contributed by atoms with Crippen molar-refractivity contribution >= 4 is 75.0 Å². The zero-order valence-electron chi connectivity index (χ0n) is 20.1. The Hall–Kier alpha value is -3.75. The van der Waals surface area contributed by atoms with E-state index in [-0.39, 0.29) is 33.9 Å². The van der Waals surface area contributed by atoms with E-state index in [0.29, 0.717) is 16.0 Å². The molecule has 1 saturated heterocycles. The summed E-state index contributed by atoms with van der Waals surface area (Å²) >= 11 is 4.58. The fraction of sp³-hybridized carbons (Fsp3) is 0.238. The van der Waals surface area contributed by atoms with E-state index >= 15 is 0 Å². The first-order chi connectivity index (χ1) is 19.5. The number of aromatic nitrogens is 4. The molecule has 4 N–H and O–H groups in total. The molecule has 4 heterocycles. The van der Waals surface area contributed by atoms with Crippen molar-refractivity contribution in [3.05, 3.63) is 52.4 Å². The molecule has 2 aliphatic heterocycles. The summed E-state index contributed by atoms with van der Waals surface area (Å²) in [6.45, 7) is 0. The molecule has 2 amide bonds. The van der Waals surface area contributed by atoms with Crippen LogP contribution in [0.15, 0.2) is 50.5 Å². The van der Waals surface area contributed by atoms with Crippen molar-refractivity contribution in [1.82, 2.24) is 29.8 Å². The lowest BCUT2D eigenvalue weighted by atomic mass is 10.0. The van der Waals surface area contributed by atoms with E-state index in [0.717, 1.165) is 28.6 Å². The largest absolute Gasteiger partial charge is 0.477 e. The maximum atomic E-state index is 13.2. The zero-order chi connectivity index (χ0) is 29.3. The van der Waals surface area contributed by atoms with Crippen LogP contribution in [0.1, 0.15) is 11.4 Å². The number of nitrogens with one attached hydrogen (secondary N) is 1. The Morgan fingerprint density at radius 1 is 1.34 bits per heavy atom. The predicted octanol–water partition coefficient (Wildman–Crippen LogP) is 2.30. The highest BCUT2D eigenvalue weighted by molar-refractivity contribution is 8.01. The van der Waals surface area contributed by atoms with E-state index in [4.69, 9.17) is 10.6 Å². The summed E-state index contributed by atoms with van der Waals surface area (Å²) in [4.78, 5) is 48.4. The van der Waals surface area contributed by atoms with Gasteiger partial charge in [0.1, 0.15) is 22.6 Å². The van der Waals surface area contributed by atoms with Crippen molar-refractivity contribution in [2.75, 3.05) is 17.2 Å². The molecule has 41 heavy (non-hydrogen) atoms. The summed E-state index contributed by atoms with van der Waals surface area (Å²) in [5.74, 6) is -2.99. The minimum Gasteiger partial charge on any atom is -0.477 e. The maximum Gasteiger partial charge on any atom is 0.416 e. The number of benzene rings is 1. The Labute approximate surface area is 244 Å².